The summed E-state index contributed by atoms with van der Waals surface area (Å²) >= 11 is 0. The summed E-state index contributed by atoms with van der Waals surface area (Å²) in [6.07, 6.45) is 0. The highest BCUT2D eigenvalue weighted by atomic mass is 19.1. The molecule has 1 atom stereocenters. The van der Waals surface area contributed by atoms with Crippen molar-refractivity contribution >= 4 is 23.4 Å². The number of amides is 3. The maximum atomic E-state index is 13.9. The Hall–Kier alpha value is -3.22. The van der Waals surface area contributed by atoms with E-state index in [0.29, 0.717) is 0 Å². The number of nitrogens with zero attached hydrogens (tertiary/aromatic N) is 1. The Kier molecular flexibility index (Phi) is 7.69. The van der Waals surface area contributed by atoms with Gasteiger partial charge in [0.25, 0.3) is 5.91 Å². The first-order valence-electron chi connectivity index (χ1n) is 9.78. The first kappa shape index (κ1) is 23.1. The van der Waals surface area contributed by atoms with Crippen LogP contribution in [0.2, 0.25) is 0 Å². The van der Waals surface area contributed by atoms with Gasteiger partial charge in [-0.15, -0.1) is 0 Å². The Bertz CT molecular complexity index is 923. The molecule has 0 heterocycles. The predicted octanol–water partition coefficient (Wildman–Crippen LogP) is 3.29. The number of benzene rings is 2. The maximum Gasteiger partial charge on any atom is 0.254 e. The first-order valence-corrected chi connectivity index (χ1v) is 9.78. The molecule has 2 N–H and O–H groups in total. The lowest BCUT2D eigenvalue weighted by Gasteiger charge is -2.27. The normalized spacial score (nSPS) is 11.7. The van der Waals surface area contributed by atoms with Crippen LogP contribution in [0.1, 0.15) is 35.3 Å². The Labute approximate surface area is 176 Å². The molecule has 3 amide bonds. The van der Waals surface area contributed by atoms with E-state index in [1.807, 2.05) is 32.0 Å². The number of para-hydroxylation sites is 1. The van der Waals surface area contributed by atoms with Crippen molar-refractivity contribution in [3.8, 4) is 0 Å². The molecule has 7 heteroatoms. The van der Waals surface area contributed by atoms with E-state index >= 15 is 0 Å². The summed E-state index contributed by atoms with van der Waals surface area (Å²) in [6, 6.07) is 10.4. The number of hydrogen-bond acceptors (Lipinski definition) is 3. The molecule has 0 saturated heterocycles. The van der Waals surface area contributed by atoms with Crippen LogP contribution in [0.3, 0.4) is 0 Å². The third kappa shape index (κ3) is 5.65. The van der Waals surface area contributed by atoms with E-state index in [-0.39, 0.29) is 23.9 Å². The number of aryl methyl sites for hydroxylation is 2. The number of likely N-dealkylation sites (N-methyl/N-ethyl adjacent to an activating group) is 1. The zero-order chi connectivity index (χ0) is 22.4. The SMILES string of the molecule is Cc1cccc(C)c1NC(=O)CN(C)C(=O)[C@@H](NC(=O)c1ccccc1F)C(C)C. The number of anilines is 1. The second-order valence-corrected chi connectivity index (χ2v) is 7.68. The van der Waals surface area contributed by atoms with E-state index < -0.39 is 23.7 Å². The highest BCUT2D eigenvalue weighted by molar-refractivity contribution is 5.99. The molecule has 0 aliphatic carbocycles. The lowest BCUT2D eigenvalue weighted by molar-refractivity contribution is -0.135. The van der Waals surface area contributed by atoms with E-state index in [9.17, 15) is 18.8 Å². The molecule has 6 nitrogen and oxygen atoms in total. The van der Waals surface area contributed by atoms with Crippen LogP contribution in [0.4, 0.5) is 10.1 Å². The summed E-state index contributed by atoms with van der Waals surface area (Å²) in [5, 5.41) is 5.43. The summed E-state index contributed by atoms with van der Waals surface area (Å²) in [6.45, 7) is 7.16. The largest absolute Gasteiger partial charge is 0.340 e. The molecule has 2 rings (SSSR count). The lowest BCUT2D eigenvalue weighted by Crippen LogP contribution is -2.51. The Morgan fingerprint density at radius 1 is 1.00 bits per heavy atom. The van der Waals surface area contributed by atoms with Gasteiger partial charge in [0.1, 0.15) is 11.9 Å². The molecule has 2 aromatic carbocycles. The molecule has 0 fully saturated rings. The van der Waals surface area contributed by atoms with Crippen molar-refractivity contribution in [2.24, 2.45) is 5.92 Å². The van der Waals surface area contributed by atoms with Gasteiger partial charge < -0.3 is 15.5 Å². The molecule has 0 radical (unpaired) electrons. The fourth-order valence-electron chi connectivity index (χ4n) is 3.10. The molecule has 0 aliphatic heterocycles. The van der Waals surface area contributed by atoms with Crippen molar-refractivity contribution in [2.45, 2.75) is 33.7 Å². The molecule has 0 spiro atoms. The molecule has 160 valence electrons. The number of hydrogen-bond donors (Lipinski definition) is 2. The Morgan fingerprint density at radius 3 is 2.17 bits per heavy atom. The molecular weight excluding hydrogens is 385 g/mol. The summed E-state index contributed by atoms with van der Waals surface area (Å²) in [7, 11) is 1.50. The highest BCUT2D eigenvalue weighted by Crippen LogP contribution is 2.19. The quantitative estimate of drug-likeness (QED) is 0.731. The van der Waals surface area contributed by atoms with Gasteiger partial charge >= 0.3 is 0 Å². The second-order valence-electron chi connectivity index (χ2n) is 7.68. The molecule has 2 aromatic rings. The van der Waals surface area contributed by atoms with Crippen molar-refractivity contribution in [3.63, 3.8) is 0 Å². The highest BCUT2D eigenvalue weighted by Gasteiger charge is 2.29. The number of carbonyl (C=O) groups excluding carboxylic acids is 3. The van der Waals surface area contributed by atoms with Crippen LogP contribution in [-0.2, 0) is 9.59 Å². The fourth-order valence-corrected chi connectivity index (χ4v) is 3.10. The van der Waals surface area contributed by atoms with E-state index in [0.717, 1.165) is 16.8 Å². The second kappa shape index (κ2) is 10.0. The van der Waals surface area contributed by atoms with Crippen LogP contribution in [0.15, 0.2) is 42.5 Å². The lowest BCUT2D eigenvalue weighted by atomic mass is 10.0. The van der Waals surface area contributed by atoms with Crippen LogP contribution in [0, 0.1) is 25.6 Å². The summed E-state index contributed by atoms with van der Waals surface area (Å²) in [5.41, 5.74) is 2.44. The first-order chi connectivity index (χ1) is 14.1. The monoisotopic (exact) mass is 413 g/mol. The van der Waals surface area contributed by atoms with E-state index in [1.165, 1.54) is 30.1 Å². The maximum absolute atomic E-state index is 13.9. The average Bonchev–Trinajstić information content (AvgIpc) is 2.68. The smallest absolute Gasteiger partial charge is 0.254 e. The van der Waals surface area contributed by atoms with Gasteiger partial charge in [-0.2, -0.15) is 0 Å². The average molecular weight is 413 g/mol. The number of carbonyl (C=O) groups is 3. The van der Waals surface area contributed by atoms with Gasteiger partial charge in [-0.1, -0.05) is 44.2 Å². The Morgan fingerprint density at radius 2 is 1.60 bits per heavy atom. The molecule has 0 unspecified atom stereocenters. The minimum atomic E-state index is -0.893. The van der Waals surface area contributed by atoms with Crippen LogP contribution in [0.25, 0.3) is 0 Å². The van der Waals surface area contributed by atoms with E-state index in [4.69, 9.17) is 0 Å². The topological polar surface area (TPSA) is 78.5 Å². The van der Waals surface area contributed by atoms with Gasteiger partial charge in [-0.05, 0) is 43.0 Å². The van der Waals surface area contributed by atoms with Crippen molar-refractivity contribution in [3.05, 3.63) is 65.0 Å². The zero-order valence-electron chi connectivity index (χ0n) is 18.0. The minimum Gasteiger partial charge on any atom is -0.340 e. The third-order valence-corrected chi connectivity index (χ3v) is 4.84. The number of rotatable bonds is 7. The van der Waals surface area contributed by atoms with Crippen LogP contribution in [-0.4, -0.2) is 42.3 Å². The van der Waals surface area contributed by atoms with Crippen LogP contribution < -0.4 is 10.6 Å². The van der Waals surface area contributed by atoms with Gasteiger partial charge in [0.15, 0.2) is 0 Å². The van der Waals surface area contributed by atoms with Crippen LogP contribution in [0.5, 0.6) is 0 Å². The summed E-state index contributed by atoms with van der Waals surface area (Å²) in [4.78, 5) is 39.1. The van der Waals surface area contributed by atoms with Gasteiger partial charge in [0.2, 0.25) is 11.8 Å². The van der Waals surface area contributed by atoms with Crippen molar-refractivity contribution in [1.82, 2.24) is 10.2 Å². The molecular formula is C23H28FN3O3. The summed E-state index contributed by atoms with van der Waals surface area (Å²) in [5.74, 6) is -2.35. The van der Waals surface area contributed by atoms with Gasteiger partial charge in [-0.3, -0.25) is 14.4 Å². The van der Waals surface area contributed by atoms with Gasteiger partial charge in [0.05, 0.1) is 12.1 Å². The zero-order valence-corrected chi connectivity index (χ0v) is 18.0. The summed E-state index contributed by atoms with van der Waals surface area (Å²) < 4.78 is 13.9. The van der Waals surface area contributed by atoms with Crippen LogP contribution >= 0.6 is 0 Å². The molecule has 0 aromatic heterocycles. The minimum absolute atomic E-state index is 0.133. The van der Waals surface area contributed by atoms with Gasteiger partial charge in [0, 0.05) is 12.7 Å². The van der Waals surface area contributed by atoms with Crippen molar-refractivity contribution in [1.29, 1.82) is 0 Å². The molecule has 0 bridgehead atoms. The number of halogens is 1. The van der Waals surface area contributed by atoms with E-state index in [2.05, 4.69) is 10.6 Å². The van der Waals surface area contributed by atoms with Crippen molar-refractivity contribution in [2.75, 3.05) is 18.9 Å². The third-order valence-electron chi connectivity index (χ3n) is 4.84. The predicted molar refractivity (Wildman–Crippen MR) is 115 cm³/mol. The fraction of sp³-hybridized carbons (Fsp3) is 0.348. The molecule has 0 saturated carbocycles. The van der Waals surface area contributed by atoms with Gasteiger partial charge in [-0.25, -0.2) is 4.39 Å². The standard InChI is InChI=1S/C23H28FN3O3/c1-14(2)20(26-22(29)17-11-6-7-12-18(17)24)23(30)27(5)13-19(28)25-21-15(3)9-8-10-16(21)4/h6-12,14,20H,13H2,1-5H3,(H,25,28)(H,26,29)/t20-/m0/s1. The molecule has 30 heavy (non-hydrogen) atoms. The Balaban J connectivity index is 2.06. The molecule has 0 aliphatic rings. The number of nitrogens with one attached hydrogen (secondary N) is 2. The van der Waals surface area contributed by atoms with E-state index in [1.54, 1.807) is 19.9 Å². The van der Waals surface area contributed by atoms with Crippen molar-refractivity contribution < 1.29 is 18.8 Å².